The molecule has 94 valence electrons. The molecule has 1 aliphatic heterocycles. The number of carboxylic acids is 1. The SMILES string of the molecule is COC1CCN(Cc2ccoc2C(=O)O)CC1. The highest BCUT2D eigenvalue weighted by molar-refractivity contribution is 5.86. The van der Waals surface area contributed by atoms with E-state index in [0.29, 0.717) is 12.6 Å². The third-order valence-corrected chi connectivity index (χ3v) is 3.20. The number of methoxy groups -OCH3 is 1. The molecule has 1 aliphatic rings. The van der Waals surface area contributed by atoms with Gasteiger partial charge in [-0.2, -0.15) is 0 Å². The van der Waals surface area contributed by atoms with Gasteiger partial charge in [-0.25, -0.2) is 4.79 Å². The Labute approximate surface area is 100.0 Å². The summed E-state index contributed by atoms with van der Waals surface area (Å²) in [5, 5.41) is 8.93. The van der Waals surface area contributed by atoms with Gasteiger partial charge in [0.1, 0.15) is 0 Å². The Kier molecular flexibility index (Phi) is 3.81. The van der Waals surface area contributed by atoms with Gasteiger partial charge in [0, 0.05) is 32.3 Å². The van der Waals surface area contributed by atoms with Crippen molar-refractivity contribution in [1.82, 2.24) is 4.90 Å². The Morgan fingerprint density at radius 1 is 1.59 bits per heavy atom. The molecule has 0 bridgehead atoms. The van der Waals surface area contributed by atoms with Crippen molar-refractivity contribution >= 4 is 5.97 Å². The predicted molar refractivity (Wildman–Crippen MR) is 61.0 cm³/mol. The molecule has 0 atom stereocenters. The van der Waals surface area contributed by atoms with E-state index in [0.717, 1.165) is 31.5 Å². The predicted octanol–water partition coefficient (Wildman–Crippen LogP) is 1.59. The van der Waals surface area contributed by atoms with Crippen molar-refractivity contribution in [2.24, 2.45) is 0 Å². The monoisotopic (exact) mass is 239 g/mol. The van der Waals surface area contributed by atoms with E-state index in [2.05, 4.69) is 4.90 Å². The molecular formula is C12H17NO4. The molecule has 2 rings (SSSR count). The van der Waals surface area contributed by atoms with Gasteiger partial charge in [0.2, 0.25) is 5.76 Å². The smallest absolute Gasteiger partial charge is 0.372 e. The molecule has 0 aliphatic carbocycles. The minimum atomic E-state index is -1.00. The van der Waals surface area contributed by atoms with Crippen LogP contribution in [0.5, 0.6) is 0 Å². The molecule has 0 aromatic carbocycles. The standard InChI is InChI=1S/C12H17NO4/c1-16-10-2-5-13(6-3-10)8-9-4-7-17-11(9)12(14)15/h4,7,10H,2-3,5-6,8H2,1H3,(H,14,15). The number of hydrogen-bond acceptors (Lipinski definition) is 4. The molecule has 17 heavy (non-hydrogen) atoms. The van der Waals surface area contributed by atoms with Gasteiger partial charge < -0.3 is 14.3 Å². The fourth-order valence-electron chi connectivity index (χ4n) is 2.19. The molecule has 5 nitrogen and oxygen atoms in total. The molecule has 0 unspecified atom stereocenters. The van der Waals surface area contributed by atoms with Crippen molar-refractivity contribution < 1.29 is 19.1 Å². The molecule has 1 saturated heterocycles. The summed E-state index contributed by atoms with van der Waals surface area (Å²) in [5.74, 6) is -0.948. The summed E-state index contributed by atoms with van der Waals surface area (Å²) in [4.78, 5) is 13.1. The number of furan rings is 1. The number of aromatic carboxylic acids is 1. The maximum absolute atomic E-state index is 10.9. The second kappa shape index (κ2) is 5.33. The first-order valence-electron chi connectivity index (χ1n) is 5.75. The van der Waals surface area contributed by atoms with E-state index in [-0.39, 0.29) is 5.76 Å². The fourth-order valence-corrected chi connectivity index (χ4v) is 2.19. The number of ether oxygens (including phenoxy) is 1. The van der Waals surface area contributed by atoms with Crippen molar-refractivity contribution in [3.63, 3.8) is 0 Å². The largest absolute Gasteiger partial charge is 0.475 e. The van der Waals surface area contributed by atoms with Crippen LogP contribution < -0.4 is 0 Å². The van der Waals surface area contributed by atoms with Crippen LogP contribution in [0.4, 0.5) is 0 Å². The average Bonchev–Trinajstić information content (AvgIpc) is 2.78. The highest BCUT2D eigenvalue weighted by atomic mass is 16.5. The number of carboxylic acid groups (broad SMARTS) is 1. The van der Waals surface area contributed by atoms with Crippen LogP contribution in [-0.2, 0) is 11.3 Å². The second-order valence-electron chi connectivity index (χ2n) is 4.29. The van der Waals surface area contributed by atoms with Gasteiger partial charge in [-0.1, -0.05) is 0 Å². The maximum atomic E-state index is 10.9. The molecule has 1 aromatic heterocycles. The van der Waals surface area contributed by atoms with E-state index in [1.807, 2.05) is 0 Å². The topological polar surface area (TPSA) is 62.9 Å². The van der Waals surface area contributed by atoms with Gasteiger partial charge in [0.25, 0.3) is 0 Å². The van der Waals surface area contributed by atoms with Crippen molar-refractivity contribution in [3.05, 3.63) is 23.7 Å². The normalized spacial score (nSPS) is 18.4. The summed E-state index contributed by atoms with van der Waals surface area (Å²) in [6, 6.07) is 1.73. The summed E-state index contributed by atoms with van der Waals surface area (Å²) < 4.78 is 10.3. The number of hydrogen-bond donors (Lipinski definition) is 1. The van der Waals surface area contributed by atoms with Crippen molar-refractivity contribution in [3.8, 4) is 0 Å². The highest BCUT2D eigenvalue weighted by Gasteiger charge is 2.21. The van der Waals surface area contributed by atoms with Crippen LogP contribution in [0.3, 0.4) is 0 Å². The van der Waals surface area contributed by atoms with Gasteiger partial charge in [0.15, 0.2) is 0 Å². The van der Waals surface area contributed by atoms with E-state index in [4.69, 9.17) is 14.3 Å². The zero-order valence-corrected chi connectivity index (χ0v) is 9.89. The highest BCUT2D eigenvalue weighted by Crippen LogP contribution is 2.18. The van der Waals surface area contributed by atoms with Crippen LogP contribution in [0.1, 0.15) is 29.0 Å². The zero-order valence-electron chi connectivity index (χ0n) is 9.89. The number of piperidine rings is 1. The minimum absolute atomic E-state index is 0.0545. The summed E-state index contributed by atoms with van der Waals surface area (Å²) in [6.07, 6.45) is 3.77. The first kappa shape index (κ1) is 12.1. The maximum Gasteiger partial charge on any atom is 0.372 e. The summed E-state index contributed by atoms with van der Waals surface area (Å²) in [5.41, 5.74) is 0.744. The Morgan fingerprint density at radius 2 is 2.29 bits per heavy atom. The van der Waals surface area contributed by atoms with Crippen molar-refractivity contribution in [2.45, 2.75) is 25.5 Å². The summed E-state index contributed by atoms with van der Waals surface area (Å²) in [7, 11) is 1.74. The molecule has 1 N–H and O–H groups in total. The Balaban J connectivity index is 1.93. The van der Waals surface area contributed by atoms with E-state index < -0.39 is 5.97 Å². The molecule has 0 amide bonds. The summed E-state index contributed by atoms with van der Waals surface area (Å²) >= 11 is 0. The van der Waals surface area contributed by atoms with Crippen LogP contribution in [0.25, 0.3) is 0 Å². The molecule has 0 spiro atoms. The van der Waals surface area contributed by atoms with E-state index in [1.165, 1.54) is 6.26 Å². The zero-order chi connectivity index (χ0) is 12.3. The number of likely N-dealkylation sites (tertiary alicyclic amines) is 1. The second-order valence-corrected chi connectivity index (χ2v) is 4.29. The fraction of sp³-hybridized carbons (Fsp3) is 0.583. The molecule has 1 fully saturated rings. The first-order chi connectivity index (χ1) is 8.20. The van der Waals surface area contributed by atoms with Crippen LogP contribution in [0.2, 0.25) is 0 Å². The van der Waals surface area contributed by atoms with Gasteiger partial charge in [-0.3, -0.25) is 4.90 Å². The van der Waals surface area contributed by atoms with Crippen molar-refractivity contribution in [1.29, 1.82) is 0 Å². The van der Waals surface area contributed by atoms with E-state index in [1.54, 1.807) is 13.2 Å². The average molecular weight is 239 g/mol. The van der Waals surface area contributed by atoms with Crippen LogP contribution in [0.15, 0.2) is 16.7 Å². The lowest BCUT2D eigenvalue weighted by Gasteiger charge is -2.30. The lowest BCUT2D eigenvalue weighted by molar-refractivity contribution is 0.0384. The lowest BCUT2D eigenvalue weighted by Crippen LogP contribution is -2.36. The van der Waals surface area contributed by atoms with Crippen LogP contribution >= 0.6 is 0 Å². The van der Waals surface area contributed by atoms with Gasteiger partial charge in [-0.15, -0.1) is 0 Å². The third kappa shape index (κ3) is 2.87. The molecule has 2 heterocycles. The molecular weight excluding hydrogens is 222 g/mol. The number of carbonyl (C=O) groups is 1. The Hall–Kier alpha value is -1.33. The minimum Gasteiger partial charge on any atom is -0.475 e. The van der Waals surface area contributed by atoms with Gasteiger partial charge >= 0.3 is 5.97 Å². The third-order valence-electron chi connectivity index (χ3n) is 3.20. The molecule has 5 heteroatoms. The molecule has 0 saturated carbocycles. The lowest BCUT2D eigenvalue weighted by atomic mass is 10.1. The first-order valence-corrected chi connectivity index (χ1v) is 5.75. The van der Waals surface area contributed by atoms with Crippen LogP contribution in [-0.4, -0.2) is 42.3 Å². The molecule has 1 aromatic rings. The Morgan fingerprint density at radius 3 is 2.88 bits per heavy atom. The van der Waals surface area contributed by atoms with E-state index in [9.17, 15) is 4.79 Å². The number of nitrogens with zero attached hydrogens (tertiary/aromatic N) is 1. The Bertz CT molecular complexity index is 380. The number of rotatable bonds is 4. The van der Waals surface area contributed by atoms with Crippen molar-refractivity contribution in [2.75, 3.05) is 20.2 Å². The van der Waals surface area contributed by atoms with E-state index >= 15 is 0 Å². The molecule has 0 radical (unpaired) electrons. The van der Waals surface area contributed by atoms with Crippen LogP contribution in [0, 0.1) is 0 Å². The summed E-state index contributed by atoms with van der Waals surface area (Å²) in [6.45, 7) is 2.50. The van der Waals surface area contributed by atoms with Gasteiger partial charge in [0.05, 0.1) is 12.4 Å². The van der Waals surface area contributed by atoms with Gasteiger partial charge in [-0.05, 0) is 18.9 Å². The quantitative estimate of drug-likeness (QED) is 0.864.